The van der Waals surface area contributed by atoms with Gasteiger partial charge >= 0.3 is 0 Å². The second kappa shape index (κ2) is 6.26. The van der Waals surface area contributed by atoms with Crippen molar-refractivity contribution in [2.24, 2.45) is 0 Å². The van der Waals surface area contributed by atoms with Crippen LogP contribution in [0.5, 0.6) is 11.6 Å². The maximum atomic E-state index is 5.12. The number of aromatic nitrogens is 2. The quantitative estimate of drug-likeness (QED) is 0.775. The Kier molecular flexibility index (Phi) is 4.41. The van der Waals surface area contributed by atoms with Gasteiger partial charge in [0.05, 0.1) is 26.6 Å². The highest BCUT2D eigenvalue weighted by molar-refractivity contribution is 7.98. The monoisotopic (exact) mass is 262 g/mol. The van der Waals surface area contributed by atoms with E-state index in [4.69, 9.17) is 9.47 Å². The van der Waals surface area contributed by atoms with Crippen LogP contribution in [0.3, 0.4) is 0 Å². The second-order valence-corrected chi connectivity index (χ2v) is 4.53. The highest BCUT2D eigenvalue weighted by atomic mass is 32.2. The molecule has 2 aromatic rings. The fourth-order valence-electron chi connectivity index (χ4n) is 1.38. The average molecular weight is 262 g/mol. The Morgan fingerprint density at radius 3 is 2.50 bits per heavy atom. The number of hydrogen-bond acceptors (Lipinski definition) is 5. The Balaban J connectivity index is 1.97. The van der Waals surface area contributed by atoms with E-state index < -0.39 is 0 Å². The van der Waals surface area contributed by atoms with Gasteiger partial charge in [0.1, 0.15) is 10.8 Å². The van der Waals surface area contributed by atoms with Crippen molar-refractivity contribution in [1.29, 1.82) is 0 Å². The molecule has 0 aliphatic rings. The van der Waals surface area contributed by atoms with E-state index in [0.29, 0.717) is 5.88 Å². The lowest BCUT2D eigenvalue weighted by Crippen LogP contribution is -1.91. The molecule has 94 valence electrons. The Bertz CT molecular complexity index is 503. The Morgan fingerprint density at radius 1 is 1.06 bits per heavy atom. The summed E-state index contributed by atoms with van der Waals surface area (Å²) >= 11 is 1.62. The molecule has 0 aliphatic carbocycles. The predicted molar refractivity (Wildman–Crippen MR) is 71.1 cm³/mol. The van der Waals surface area contributed by atoms with Gasteiger partial charge in [-0.05, 0) is 17.7 Å². The van der Waals surface area contributed by atoms with Gasteiger partial charge in [0.25, 0.3) is 0 Å². The Labute approximate surface area is 110 Å². The van der Waals surface area contributed by atoms with Crippen molar-refractivity contribution in [3.05, 3.63) is 42.2 Å². The first-order valence-electron chi connectivity index (χ1n) is 5.43. The van der Waals surface area contributed by atoms with Crippen LogP contribution in [-0.4, -0.2) is 24.2 Å². The summed E-state index contributed by atoms with van der Waals surface area (Å²) in [6, 6.07) is 7.99. The first kappa shape index (κ1) is 12.7. The summed E-state index contributed by atoms with van der Waals surface area (Å²) in [5.74, 6) is 2.24. The van der Waals surface area contributed by atoms with Crippen LogP contribution in [0.1, 0.15) is 5.56 Å². The zero-order chi connectivity index (χ0) is 12.8. The van der Waals surface area contributed by atoms with Crippen LogP contribution in [0.15, 0.2) is 41.7 Å². The summed E-state index contributed by atoms with van der Waals surface area (Å²) in [6.45, 7) is 0. The summed E-state index contributed by atoms with van der Waals surface area (Å²) in [7, 11) is 3.25. The number of methoxy groups -OCH3 is 2. The molecule has 0 bridgehead atoms. The van der Waals surface area contributed by atoms with Crippen molar-refractivity contribution in [1.82, 2.24) is 9.97 Å². The first-order chi connectivity index (χ1) is 8.81. The van der Waals surface area contributed by atoms with Crippen LogP contribution in [0.25, 0.3) is 0 Å². The number of thioether (sulfide) groups is 1. The molecule has 0 radical (unpaired) electrons. The molecule has 0 unspecified atom stereocenters. The van der Waals surface area contributed by atoms with Crippen LogP contribution in [0, 0.1) is 0 Å². The van der Waals surface area contributed by atoms with Crippen molar-refractivity contribution < 1.29 is 9.47 Å². The molecule has 1 aromatic heterocycles. The van der Waals surface area contributed by atoms with Gasteiger partial charge in [0.15, 0.2) is 0 Å². The predicted octanol–water partition coefficient (Wildman–Crippen LogP) is 2.79. The number of rotatable bonds is 5. The van der Waals surface area contributed by atoms with Gasteiger partial charge in [0.2, 0.25) is 5.88 Å². The van der Waals surface area contributed by atoms with E-state index >= 15 is 0 Å². The van der Waals surface area contributed by atoms with Crippen LogP contribution >= 0.6 is 11.8 Å². The maximum Gasteiger partial charge on any atom is 0.233 e. The molecule has 0 N–H and O–H groups in total. The minimum absolute atomic E-state index is 0.537. The van der Waals surface area contributed by atoms with Gasteiger partial charge in [-0.25, -0.2) is 4.98 Å². The minimum Gasteiger partial charge on any atom is -0.497 e. The topological polar surface area (TPSA) is 44.2 Å². The number of ether oxygens (including phenoxy) is 2. The van der Waals surface area contributed by atoms with Crippen molar-refractivity contribution in [2.75, 3.05) is 14.2 Å². The molecule has 1 aromatic carbocycles. The van der Waals surface area contributed by atoms with E-state index in [1.54, 1.807) is 38.4 Å². The SMILES string of the molecule is COc1ccc(CSc2cncc(OC)n2)cc1. The molecule has 4 nitrogen and oxygen atoms in total. The van der Waals surface area contributed by atoms with Crippen LogP contribution < -0.4 is 9.47 Å². The average Bonchev–Trinajstić information content (AvgIpc) is 2.46. The molecule has 0 atom stereocenters. The van der Waals surface area contributed by atoms with Gasteiger partial charge < -0.3 is 9.47 Å². The van der Waals surface area contributed by atoms with Crippen molar-refractivity contribution in [2.45, 2.75) is 10.8 Å². The van der Waals surface area contributed by atoms with Gasteiger partial charge in [-0.2, -0.15) is 0 Å². The zero-order valence-electron chi connectivity index (χ0n) is 10.3. The third-order valence-electron chi connectivity index (χ3n) is 2.35. The van der Waals surface area contributed by atoms with Crippen molar-refractivity contribution in [3.8, 4) is 11.6 Å². The molecule has 0 saturated heterocycles. The summed E-state index contributed by atoms with van der Waals surface area (Å²) in [6.07, 6.45) is 3.33. The molecule has 5 heteroatoms. The van der Waals surface area contributed by atoms with Crippen LogP contribution in [0.2, 0.25) is 0 Å². The van der Waals surface area contributed by atoms with Gasteiger partial charge in [-0.1, -0.05) is 23.9 Å². The third kappa shape index (κ3) is 3.37. The minimum atomic E-state index is 0.537. The van der Waals surface area contributed by atoms with E-state index in [1.807, 2.05) is 24.3 Å². The third-order valence-corrected chi connectivity index (χ3v) is 3.32. The van der Waals surface area contributed by atoms with Gasteiger partial charge in [-0.15, -0.1) is 0 Å². The van der Waals surface area contributed by atoms with Gasteiger partial charge in [0, 0.05) is 5.75 Å². The summed E-state index contributed by atoms with van der Waals surface area (Å²) in [5.41, 5.74) is 1.21. The smallest absolute Gasteiger partial charge is 0.233 e. The highest BCUT2D eigenvalue weighted by Gasteiger charge is 2.01. The van der Waals surface area contributed by atoms with E-state index in [-0.39, 0.29) is 0 Å². The Morgan fingerprint density at radius 2 is 1.83 bits per heavy atom. The molecule has 2 rings (SSSR count). The largest absolute Gasteiger partial charge is 0.497 e. The highest BCUT2D eigenvalue weighted by Crippen LogP contribution is 2.22. The van der Waals surface area contributed by atoms with Crippen molar-refractivity contribution in [3.63, 3.8) is 0 Å². The van der Waals surface area contributed by atoms with Crippen LogP contribution in [-0.2, 0) is 5.75 Å². The van der Waals surface area contributed by atoms with Crippen molar-refractivity contribution >= 4 is 11.8 Å². The summed E-state index contributed by atoms with van der Waals surface area (Å²) < 4.78 is 10.2. The molecular formula is C13H14N2O2S. The number of hydrogen-bond donors (Lipinski definition) is 0. The lowest BCUT2D eigenvalue weighted by Gasteiger charge is -2.04. The van der Waals surface area contributed by atoms with Crippen LogP contribution in [0.4, 0.5) is 0 Å². The zero-order valence-corrected chi connectivity index (χ0v) is 11.1. The second-order valence-electron chi connectivity index (χ2n) is 3.54. The summed E-state index contributed by atoms with van der Waals surface area (Å²) in [4.78, 5) is 8.36. The van der Waals surface area contributed by atoms with Gasteiger partial charge in [-0.3, -0.25) is 4.98 Å². The molecule has 0 aliphatic heterocycles. The maximum absolute atomic E-state index is 5.12. The number of benzene rings is 1. The fraction of sp³-hybridized carbons (Fsp3) is 0.231. The lowest BCUT2D eigenvalue weighted by atomic mass is 10.2. The molecule has 0 amide bonds. The molecule has 18 heavy (non-hydrogen) atoms. The number of nitrogens with zero attached hydrogens (tertiary/aromatic N) is 2. The Hall–Kier alpha value is -1.75. The fourth-order valence-corrected chi connectivity index (χ4v) is 2.17. The van der Waals surface area contributed by atoms with E-state index in [0.717, 1.165) is 16.5 Å². The summed E-state index contributed by atoms with van der Waals surface area (Å²) in [5, 5.41) is 0.852. The molecule has 0 fully saturated rings. The normalized spacial score (nSPS) is 10.1. The first-order valence-corrected chi connectivity index (χ1v) is 6.42. The molecule has 0 saturated carbocycles. The van der Waals surface area contributed by atoms with E-state index in [9.17, 15) is 0 Å². The van der Waals surface area contributed by atoms with E-state index in [2.05, 4.69) is 9.97 Å². The molecule has 0 spiro atoms. The molecular weight excluding hydrogens is 248 g/mol. The standard InChI is InChI=1S/C13H14N2O2S/c1-16-11-5-3-10(4-6-11)9-18-13-8-14-7-12(15-13)17-2/h3-8H,9H2,1-2H3. The lowest BCUT2D eigenvalue weighted by molar-refractivity contribution is 0.392. The van der Waals surface area contributed by atoms with E-state index in [1.165, 1.54) is 5.56 Å². The molecule has 1 heterocycles.